The van der Waals surface area contributed by atoms with Gasteiger partial charge in [-0.1, -0.05) is 27.5 Å². The molecule has 0 aliphatic rings. The summed E-state index contributed by atoms with van der Waals surface area (Å²) in [4.78, 5) is 27.5. The van der Waals surface area contributed by atoms with Crippen LogP contribution in [-0.2, 0) is 22.4 Å². The van der Waals surface area contributed by atoms with Crippen molar-refractivity contribution >= 4 is 61.3 Å². The van der Waals surface area contributed by atoms with Crippen LogP contribution in [0.25, 0.3) is 21.8 Å². The van der Waals surface area contributed by atoms with Crippen LogP contribution in [-0.4, -0.2) is 44.2 Å². The van der Waals surface area contributed by atoms with E-state index in [0.29, 0.717) is 11.4 Å². The number of benzene rings is 2. The van der Waals surface area contributed by atoms with E-state index in [9.17, 15) is 9.59 Å². The molecule has 0 amide bonds. The van der Waals surface area contributed by atoms with E-state index in [0.717, 1.165) is 37.4 Å². The van der Waals surface area contributed by atoms with Crippen molar-refractivity contribution in [2.24, 2.45) is 11.5 Å². The number of rotatable bonds is 6. The Bertz CT molecular complexity index is 1170. The highest BCUT2D eigenvalue weighted by Crippen LogP contribution is 2.24. The first-order valence-corrected chi connectivity index (χ1v) is 10.8. The fraction of sp³-hybridized carbons (Fsp3) is 0.182. The number of halogens is 2. The Morgan fingerprint density at radius 2 is 1.34 bits per heavy atom. The van der Waals surface area contributed by atoms with Gasteiger partial charge in [0.1, 0.15) is 12.1 Å². The van der Waals surface area contributed by atoms with Crippen molar-refractivity contribution in [3.8, 4) is 0 Å². The van der Waals surface area contributed by atoms with E-state index < -0.39 is 24.0 Å². The van der Waals surface area contributed by atoms with Crippen molar-refractivity contribution in [1.29, 1.82) is 0 Å². The number of nitrogens with two attached hydrogens (primary N) is 2. The summed E-state index contributed by atoms with van der Waals surface area (Å²) in [6.45, 7) is 0. The minimum absolute atomic E-state index is 0.287. The molecule has 8 N–H and O–H groups in total. The van der Waals surface area contributed by atoms with Crippen LogP contribution in [0.4, 0.5) is 0 Å². The van der Waals surface area contributed by atoms with E-state index in [1.165, 1.54) is 0 Å². The summed E-state index contributed by atoms with van der Waals surface area (Å²) in [5, 5.41) is 20.1. The van der Waals surface area contributed by atoms with Gasteiger partial charge in [0.15, 0.2) is 0 Å². The Morgan fingerprint density at radius 1 is 0.875 bits per heavy atom. The molecule has 0 spiro atoms. The number of H-pyrrole nitrogens is 2. The lowest BCUT2D eigenvalue weighted by atomic mass is 10.1. The van der Waals surface area contributed by atoms with Gasteiger partial charge in [-0.2, -0.15) is 0 Å². The van der Waals surface area contributed by atoms with Gasteiger partial charge >= 0.3 is 11.9 Å². The first-order valence-electron chi connectivity index (χ1n) is 9.63. The fourth-order valence-electron chi connectivity index (χ4n) is 3.29. The van der Waals surface area contributed by atoms with E-state index in [-0.39, 0.29) is 6.42 Å². The molecule has 8 nitrogen and oxygen atoms in total. The van der Waals surface area contributed by atoms with Crippen molar-refractivity contribution in [3.05, 3.63) is 69.4 Å². The van der Waals surface area contributed by atoms with E-state index >= 15 is 0 Å². The normalized spacial score (nSPS) is 12.9. The molecule has 2 aromatic heterocycles. The fourth-order valence-corrected chi connectivity index (χ4v) is 3.82. The van der Waals surface area contributed by atoms with Crippen LogP contribution in [0.15, 0.2) is 53.3 Å². The molecule has 0 unspecified atom stereocenters. The molecule has 2 atom stereocenters. The highest BCUT2D eigenvalue weighted by Gasteiger charge is 2.15. The SMILES string of the molecule is N[C@@H](Cc1c[nH]c2ccc(Br)cc12)C(=O)O.N[C@@H](Cc1c[nH]c2ccc(Cl)cc12)C(=O)O. The molecule has 10 heteroatoms. The lowest BCUT2D eigenvalue weighted by Gasteiger charge is -2.04. The molecule has 4 rings (SSSR count). The second-order valence-electron chi connectivity index (χ2n) is 7.31. The number of fused-ring (bicyclic) bond motifs is 2. The molecule has 0 aliphatic heterocycles. The van der Waals surface area contributed by atoms with E-state index in [2.05, 4.69) is 25.9 Å². The molecule has 0 bridgehead atoms. The Labute approximate surface area is 196 Å². The molecule has 0 fully saturated rings. The quantitative estimate of drug-likeness (QED) is 0.227. The molecule has 2 aromatic carbocycles. The summed E-state index contributed by atoms with van der Waals surface area (Å²) in [5.41, 5.74) is 14.7. The lowest BCUT2D eigenvalue weighted by Crippen LogP contribution is -2.32. The summed E-state index contributed by atoms with van der Waals surface area (Å²) >= 11 is 9.27. The van der Waals surface area contributed by atoms with Crippen LogP contribution in [0.2, 0.25) is 5.02 Å². The molecule has 4 aromatic rings. The van der Waals surface area contributed by atoms with Gasteiger partial charge in [0.25, 0.3) is 0 Å². The molecule has 32 heavy (non-hydrogen) atoms. The summed E-state index contributed by atoms with van der Waals surface area (Å²) in [6, 6.07) is 9.51. The maximum absolute atomic E-state index is 10.7. The highest BCUT2D eigenvalue weighted by atomic mass is 79.9. The van der Waals surface area contributed by atoms with Crippen LogP contribution in [0.3, 0.4) is 0 Å². The van der Waals surface area contributed by atoms with Gasteiger partial charge in [0.05, 0.1) is 0 Å². The number of carboxylic acid groups (broad SMARTS) is 2. The van der Waals surface area contributed by atoms with Crippen LogP contribution in [0.5, 0.6) is 0 Å². The Hall–Kier alpha value is -2.85. The minimum atomic E-state index is -1.00. The van der Waals surface area contributed by atoms with E-state index in [1.54, 1.807) is 24.5 Å². The number of hydrogen-bond donors (Lipinski definition) is 6. The van der Waals surface area contributed by atoms with Crippen LogP contribution in [0.1, 0.15) is 11.1 Å². The van der Waals surface area contributed by atoms with Crippen LogP contribution in [0, 0.1) is 0 Å². The molecular weight excluding hydrogens is 500 g/mol. The third-order valence-corrected chi connectivity index (χ3v) is 5.70. The Morgan fingerprint density at radius 3 is 1.84 bits per heavy atom. The van der Waals surface area contributed by atoms with Crippen LogP contribution >= 0.6 is 27.5 Å². The minimum Gasteiger partial charge on any atom is -0.480 e. The van der Waals surface area contributed by atoms with Crippen molar-refractivity contribution in [2.45, 2.75) is 24.9 Å². The predicted molar refractivity (Wildman–Crippen MR) is 128 cm³/mol. The number of aromatic amines is 2. The third-order valence-electron chi connectivity index (χ3n) is 4.97. The summed E-state index contributed by atoms with van der Waals surface area (Å²) in [6.07, 6.45) is 4.19. The zero-order valence-corrected chi connectivity index (χ0v) is 19.2. The molecule has 0 radical (unpaired) electrons. The van der Waals surface area contributed by atoms with E-state index in [1.807, 2.05) is 24.3 Å². The molecular formula is C22H22BrClN4O4. The van der Waals surface area contributed by atoms with Crippen molar-refractivity contribution in [2.75, 3.05) is 0 Å². The highest BCUT2D eigenvalue weighted by molar-refractivity contribution is 9.10. The van der Waals surface area contributed by atoms with E-state index in [4.69, 9.17) is 33.3 Å². The number of carboxylic acids is 2. The number of aliphatic carboxylic acids is 2. The zero-order valence-electron chi connectivity index (χ0n) is 16.8. The lowest BCUT2D eigenvalue weighted by molar-refractivity contribution is -0.139. The monoisotopic (exact) mass is 520 g/mol. The summed E-state index contributed by atoms with van der Waals surface area (Å²) < 4.78 is 0.963. The van der Waals surface area contributed by atoms with Crippen molar-refractivity contribution in [1.82, 2.24) is 9.97 Å². The molecule has 0 aliphatic carbocycles. The van der Waals surface area contributed by atoms with Gasteiger partial charge in [0.2, 0.25) is 0 Å². The molecule has 2 heterocycles. The van der Waals surface area contributed by atoms with Gasteiger partial charge in [-0.3, -0.25) is 9.59 Å². The topological polar surface area (TPSA) is 158 Å². The number of hydrogen-bond acceptors (Lipinski definition) is 4. The maximum atomic E-state index is 10.7. The van der Waals surface area contributed by atoms with Crippen molar-refractivity contribution in [3.63, 3.8) is 0 Å². The Kier molecular flexibility index (Phi) is 7.57. The average molecular weight is 522 g/mol. The summed E-state index contributed by atoms with van der Waals surface area (Å²) in [7, 11) is 0. The largest absolute Gasteiger partial charge is 0.480 e. The number of nitrogens with one attached hydrogen (secondary N) is 2. The van der Waals surface area contributed by atoms with Gasteiger partial charge in [-0.05, 0) is 47.5 Å². The second kappa shape index (κ2) is 10.2. The standard InChI is InChI=1S/C11H11BrN2O2.C11H11ClN2O2/c2*12-7-1-2-10-8(4-7)6(5-14-10)3-9(13)11(15)16/h2*1-2,4-5,9,14H,3,13H2,(H,15,16)/t2*9-/m00/s1. The number of carbonyl (C=O) groups is 2. The third kappa shape index (κ3) is 5.68. The Balaban J connectivity index is 0.000000181. The molecule has 168 valence electrons. The van der Waals surface area contributed by atoms with Gasteiger partial charge in [-0.25, -0.2) is 0 Å². The summed E-state index contributed by atoms with van der Waals surface area (Å²) in [5.74, 6) is -1.99. The first-order chi connectivity index (χ1) is 15.2. The second-order valence-corrected chi connectivity index (χ2v) is 8.66. The predicted octanol–water partition coefficient (Wildman–Crippen LogP) is 3.66. The van der Waals surface area contributed by atoms with Crippen LogP contribution < -0.4 is 11.5 Å². The van der Waals surface area contributed by atoms with Gasteiger partial charge in [-0.15, -0.1) is 0 Å². The smallest absolute Gasteiger partial charge is 0.320 e. The maximum Gasteiger partial charge on any atom is 0.320 e. The molecule has 0 saturated heterocycles. The van der Waals surface area contributed by atoms with Crippen molar-refractivity contribution < 1.29 is 19.8 Å². The van der Waals surface area contributed by atoms with Gasteiger partial charge in [0, 0.05) is 56.5 Å². The zero-order chi connectivity index (χ0) is 23.4. The number of aromatic nitrogens is 2. The average Bonchev–Trinajstić information content (AvgIpc) is 3.32. The first kappa shape index (κ1) is 23.8. The van der Waals surface area contributed by atoms with Gasteiger partial charge < -0.3 is 31.6 Å². The molecule has 0 saturated carbocycles.